The molecule has 1 aromatic rings. The molecule has 0 bridgehead atoms. The molecule has 0 radical (unpaired) electrons. The molecule has 0 aliphatic heterocycles. The molecule has 0 aromatic carbocycles. The Bertz CT molecular complexity index is 345. The van der Waals surface area contributed by atoms with Crippen molar-refractivity contribution < 1.29 is 22.7 Å². The van der Waals surface area contributed by atoms with Crippen LogP contribution in [-0.2, 0) is 11.2 Å². The summed E-state index contributed by atoms with van der Waals surface area (Å²) in [6, 6.07) is 2.40. The monoisotopic (exact) mass is 219 g/mol. The van der Waals surface area contributed by atoms with Crippen LogP contribution in [0, 0.1) is 0 Å². The lowest BCUT2D eigenvalue weighted by Gasteiger charge is -2.05. The van der Waals surface area contributed by atoms with Gasteiger partial charge in [0.1, 0.15) is 0 Å². The number of methoxy groups -OCH3 is 1. The van der Waals surface area contributed by atoms with Crippen LogP contribution in [-0.4, -0.2) is 24.2 Å². The highest BCUT2D eigenvalue weighted by Gasteiger charge is 2.28. The highest BCUT2D eigenvalue weighted by molar-refractivity contribution is 5.88. The Morgan fingerprint density at radius 3 is 2.53 bits per heavy atom. The molecule has 1 aromatic heterocycles. The van der Waals surface area contributed by atoms with Crippen LogP contribution in [0.4, 0.5) is 13.2 Å². The number of hydrogen-bond donors (Lipinski definition) is 0. The Balaban J connectivity index is 2.77. The fourth-order valence-corrected chi connectivity index (χ4v) is 0.973. The largest absolute Gasteiger partial charge is 0.465 e. The summed E-state index contributed by atoms with van der Waals surface area (Å²) in [6.07, 6.45) is -4.33. The Kier molecular flexibility index (Phi) is 3.28. The van der Waals surface area contributed by atoms with E-state index in [2.05, 4.69) is 9.72 Å². The normalized spacial score (nSPS) is 11.2. The number of rotatable bonds is 2. The predicted octanol–water partition coefficient (Wildman–Crippen LogP) is 1.97. The highest BCUT2D eigenvalue weighted by Crippen LogP contribution is 2.20. The molecular formula is C9H8F3NO2. The maximum Gasteiger partial charge on any atom is 0.394 e. The molecular weight excluding hydrogens is 211 g/mol. The SMILES string of the molecule is COC(=O)c1ccc(CC(F)(F)F)nc1. The second kappa shape index (κ2) is 4.29. The van der Waals surface area contributed by atoms with E-state index in [0.717, 1.165) is 12.3 Å². The zero-order valence-electron chi connectivity index (χ0n) is 7.84. The maximum atomic E-state index is 11.9. The molecule has 0 spiro atoms. The highest BCUT2D eigenvalue weighted by atomic mass is 19.4. The van der Waals surface area contributed by atoms with Gasteiger partial charge < -0.3 is 4.74 Å². The van der Waals surface area contributed by atoms with E-state index in [1.807, 2.05) is 0 Å². The van der Waals surface area contributed by atoms with Gasteiger partial charge in [-0.25, -0.2) is 4.79 Å². The van der Waals surface area contributed by atoms with E-state index in [4.69, 9.17) is 0 Å². The zero-order valence-corrected chi connectivity index (χ0v) is 7.84. The molecule has 82 valence electrons. The first-order chi connectivity index (χ1) is 6.92. The Hall–Kier alpha value is -1.59. The van der Waals surface area contributed by atoms with E-state index in [1.165, 1.54) is 13.2 Å². The number of ether oxygens (including phenoxy) is 1. The minimum absolute atomic E-state index is 0.128. The Morgan fingerprint density at radius 1 is 1.47 bits per heavy atom. The lowest BCUT2D eigenvalue weighted by Crippen LogP contribution is -2.13. The quantitative estimate of drug-likeness (QED) is 0.714. The number of halogens is 3. The van der Waals surface area contributed by atoms with Gasteiger partial charge in [0.05, 0.1) is 19.1 Å². The fourth-order valence-electron chi connectivity index (χ4n) is 0.973. The van der Waals surface area contributed by atoms with Gasteiger partial charge in [0.2, 0.25) is 0 Å². The number of nitrogens with zero attached hydrogens (tertiary/aromatic N) is 1. The topological polar surface area (TPSA) is 39.2 Å². The van der Waals surface area contributed by atoms with Gasteiger partial charge in [0, 0.05) is 11.9 Å². The Labute approximate surface area is 83.9 Å². The molecule has 1 rings (SSSR count). The van der Waals surface area contributed by atoms with Gasteiger partial charge in [-0.3, -0.25) is 4.98 Å². The average molecular weight is 219 g/mol. The molecule has 0 N–H and O–H groups in total. The van der Waals surface area contributed by atoms with E-state index >= 15 is 0 Å². The van der Waals surface area contributed by atoms with Crippen LogP contribution >= 0.6 is 0 Å². The van der Waals surface area contributed by atoms with Crippen molar-refractivity contribution in [3.63, 3.8) is 0 Å². The van der Waals surface area contributed by atoms with Crippen molar-refractivity contribution in [3.05, 3.63) is 29.6 Å². The molecule has 0 amide bonds. The number of aromatic nitrogens is 1. The van der Waals surface area contributed by atoms with Gasteiger partial charge in [-0.2, -0.15) is 13.2 Å². The summed E-state index contributed by atoms with van der Waals surface area (Å²) in [5.74, 6) is -0.624. The van der Waals surface area contributed by atoms with Crippen LogP contribution < -0.4 is 0 Å². The number of alkyl halides is 3. The third-order valence-electron chi connectivity index (χ3n) is 1.63. The van der Waals surface area contributed by atoms with Crippen molar-refractivity contribution in [2.45, 2.75) is 12.6 Å². The summed E-state index contributed by atoms with van der Waals surface area (Å²) >= 11 is 0. The van der Waals surface area contributed by atoms with Crippen LogP contribution in [0.15, 0.2) is 18.3 Å². The van der Waals surface area contributed by atoms with E-state index < -0.39 is 18.6 Å². The average Bonchev–Trinajstić information content (AvgIpc) is 2.15. The smallest absolute Gasteiger partial charge is 0.394 e. The van der Waals surface area contributed by atoms with Gasteiger partial charge in [0.15, 0.2) is 0 Å². The first-order valence-corrected chi connectivity index (χ1v) is 4.02. The zero-order chi connectivity index (χ0) is 11.5. The van der Waals surface area contributed by atoms with Crippen molar-refractivity contribution >= 4 is 5.97 Å². The molecule has 0 aliphatic rings. The number of carbonyl (C=O) groups is 1. The molecule has 0 aliphatic carbocycles. The van der Waals surface area contributed by atoms with Crippen LogP contribution in [0.2, 0.25) is 0 Å². The number of hydrogen-bond acceptors (Lipinski definition) is 3. The van der Waals surface area contributed by atoms with Gasteiger partial charge in [-0.1, -0.05) is 0 Å². The molecule has 0 atom stereocenters. The number of pyridine rings is 1. The lowest BCUT2D eigenvalue weighted by molar-refractivity contribution is -0.127. The fraction of sp³-hybridized carbons (Fsp3) is 0.333. The van der Waals surface area contributed by atoms with Crippen LogP contribution in [0.5, 0.6) is 0 Å². The van der Waals surface area contributed by atoms with E-state index in [9.17, 15) is 18.0 Å². The minimum atomic E-state index is -4.29. The summed E-state index contributed by atoms with van der Waals surface area (Å²) in [4.78, 5) is 14.4. The molecule has 0 saturated heterocycles. The second-order valence-electron chi connectivity index (χ2n) is 2.82. The van der Waals surface area contributed by atoms with Crippen molar-refractivity contribution in [1.29, 1.82) is 0 Å². The van der Waals surface area contributed by atoms with Crippen LogP contribution in [0.25, 0.3) is 0 Å². The van der Waals surface area contributed by atoms with E-state index in [0.29, 0.717) is 0 Å². The molecule has 0 fully saturated rings. The summed E-state index contributed by atoms with van der Waals surface area (Å²) in [6.45, 7) is 0. The van der Waals surface area contributed by atoms with E-state index in [1.54, 1.807) is 0 Å². The molecule has 0 saturated carbocycles. The molecule has 0 unspecified atom stereocenters. The third-order valence-corrected chi connectivity index (χ3v) is 1.63. The number of carbonyl (C=O) groups excluding carboxylic acids is 1. The standard InChI is InChI=1S/C9H8F3NO2/c1-15-8(14)6-2-3-7(13-5-6)4-9(10,11)12/h2-3,5H,4H2,1H3. The first kappa shape index (κ1) is 11.5. The van der Waals surface area contributed by atoms with Gasteiger partial charge >= 0.3 is 12.1 Å². The van der Waals surface area contributed by atoms with Crippen molar-refractivity contribution in [3.8, 4) is 0 Å². The Morgan fingerprint density at radius 2 is 2.13 bits per heavy atom. The molecule has 6 heteroatoms. The second-order valence-corrected chi connectivity index (χ2v) is 2.82. The van der Waals surface area contributed by atoms with Gasteiger partial charge in [0.25, 0.3) is 0 Å². The summed E-state index contributed by atoms with van der Waals surface area (Å²) < 4.78 is 40.2. The van der Waals surface area contributed by atoms with Gasteiger partial charge in [-0.15, -0.1) is 0 Å². The third kappa shape index (κ3) is 3.57. The number of esters is 1. The van der Waals surface area contributed by atoms with Gasteiger partial charge in [-0.05, 0) is 12.1 Å². The van der Waals surface area contributed by atoms with E-state index in [-0.39, 0.29) is 11.3 Å². The van der Waals surface area contributed by atoms with Crippen molar-refractivity contribution in [2.24, 2.45) is 0 Å². The van der Waals surface area contributed by atoms with Crippen LogP contribution in [0.1, 0.15) is 16.1 Å². The predicted molar refractivity (Wildman–Crippen MR) is 45.3 cm³/mol. The van der Waals surface area contributed by atoms with Crippen molar-refractivity contribution in [2.75, 3.05) is 7.11 Å². The summed E-state index contributed by atoms with van der Waals surface area (Å²) in [5.41, 5.74) is -0.00132. The van der Waals surface area contributed by atoms with Crippen LogP contribution in [0.3, 0.4) is 0 Å². The maximum absolute atomic E-state index is 11.9. The van der Waals surface area contributed by atoms with Crippen molar-refractivity contribution in [1.82, 2.24) is 4.98 Å². The molecule has 3 nitrogen and oxygen atoms in total. The first-order valence-electron chi connectivity index (χ1n) is 4.02. The molecule has 1 heterocycles. The molecule has 15 heavy (non-hydrogen) atoms. The summed E-state index contributed by atoms with van der Waals surface area (Å²) in [5, 5.41) is 0. The lowest BCUT2D eigenvalue weighted by atomic mass is 10.2. The summed E-state index contributed by atoms with van der Waals surface area (Å²) in [7, 11) is 1.19. The minimum Gasteiger partial charge on any atom is -0.465 e.